The number of carbonyl (C=O) groups excluding carboxylic acids is 1. The lowest BCUT2D eigenvalue weighted by Gasteiger charge is -2.02. The largest absolute Gasteiger partial charge is 0.368 e. The molecule has 1 aromatic heterocycles. The summed E-state index contributed by atoms with van der Waals surface area (Å²) in [6, 6.07) is 0. The number of rotatable bonds is 2. The average molecular weight is 181 g/mol. The maximum atomic E-state index is 11.4. The zero-order valence-corrected chi connectivity index (χ0v) is 7.48. The third kappa shape index (κ3) is 2.11. The quantitative estimate of drug-likeness (QED) is 0.615. The van der Waals surface area contributed by atoms with Gasteiger partial charge < -0.3 is 11.5 Å². The molecule has 0 fully saturated rings. The normalized spacial score (nSPS) is 10.4. The van der Waals surface area contributed by atoms with Crippen molar-refractivity contribution in [3.8, 4) is 0 Å². The van der Waals surface area contributed by atoms with E-state index < -0.39 is 0 Å². The molecule has 1 heterocycles. The van der Waals surface area contributed by atoms with Crippen molar-refractivity contribution in [3.05, 3.63) is 5.82 Å². The molecule has 4 N–H and O–H groups in total. The summed E-state index contributed by atoms with van der Waals surface area (Å²) in [5.41, 5.74) is 10.6. The van der Waals surface area contributed by atoms with Crippen LogP contribution < -0.4 is 11.5 Å². The molecule has 0 aliphatic carbocycles. The van der Waals surface area contributed by atoms with Gasteiger partial charge in [0.05, 0.1) is 0 Å². The van der Waals surface area contributed by atoms with Crippen LogP contribution in [0.4, 0.5) is 11.9 Å². The summed E-state index contributed by atoms with van der Waals surface area (Å²) in [5, 5.41) is 0. The highest BCUT2D eigenvalue weighted by Crippen LogP contribution is 2.05. The van der Waals surface area contributed by atoms with Gasteiger partial charge in [-0.25, -0.2) is 0 Å². The topological polar surface area (TPSA) is 108 Å². The summed E-state index contributed by atoms with van der Waals surface area (Å²) < 4.78 is 0. The molecule has 0 unspecified atom stereocenters. The molecular formula is C7H11N5O. The smallest absolute Gasteiger partial charge is 0.225 e. The molecular weight excluding hydrogens is 170 g/mol. The number of nitrogen functional groups attached to an aromatic ring is 2. The number of hydrogen-bond acceptors (Lipinski definition) is 6. The van der Waals surface area contributed by atoms with Crippen molar-refractivity contribution in [1.82, 2.24) is 15.0 Å². The maximum absolute atomic E-state index is 11.4. The average Bonchev–Trinajstić information content (AvgIpc) is 2.01. The summed E-state index contributed by atoms with van der Waals surface area (Å²) in [6.45, 7) is 3.50. The fourth-order valence-corrected chi connectivity index (χ4v) is 0.778. The fraction of sp³-hybridized carbons (Fsp3) is 0.429. The Morgan fingerprint density at radius 3 is 2.00 bits per heavy atom. The van der Waals surface area contributed by atoms with Crippen LogP contribution in [-0.2, 0) is 0 Å². The van der Waals surface area contributed by atoms with Crippen molar-refractivity contribution in [1.29, 1.82) is 0 Å². The predicted octanol–water partition coefficient (Wildman–Crippen LogP) is -0.125. The van der Waals surface area contributed by atoms with Gasteiger partial charge in [-0.1, -0.05) is 13.8 Å². The van der Waals surface area contributed by atoms with Gasteiger partial charge in [-0.3, -0.25) is 4.79 Å². The Morgan fingerprint density at radius 2 is 1.62 bits per heavy atom. The molecule has 0 aromatic carbocycles. The van der Waals surface area contributed by atoms with E-state index in [1.54, 1.807) is 13.8 Å². The lowest BCUT2D eigenvalue weighted by Crippen LogP contribution is -2.15. The molecule has 6 heteroatoms. The van der Waals surface area contributed by atoms with Crippen molar-refractivity contribution < 1.29 is 4.79 Å². The van der Waals surface area contributed by atoms with Gasteiger partial charge in [0, 0.05) is 5.92 Å². The Labute approximate surface area is 75.4 Å². The standard InChI is InChI=1S/C7H11N5O/c1-3(2)4(13)5-10-6(8)12-7(9)11-5/h3H,1-2H3,(H4,8,9,10,11,12). The molecule has 0 atom stereocenters. The number of hydrogen-bond donors (Lipinski definition) is 2. The molecule has 0 radical (unpaired) electrons. The van der Waals surface area contributed by atoms with Gasteiger partial charge in [-0.15, -0.1) is 0 Å². The number of Topliss-reactive ketones (excluding diaryl/α,β-unsaturated/α-hetero) is 1. The molecule has 13 heavy (non-hydrogen) atoms. The first-order chi connectivity index (χ1) is 6.00. The highest BCUT2D eigenvalue weighted by Gasteiger charge is 2.14. The molecule has 0 saturated carbocycles. The van der Waals surface area contributed by atoms with E-state index in [9.17, 15) is 4.79 Å². The molecule has 6 nitrogen and oxygen atoms in total. The monoisotopic (exact) mass is 181 g/mol. The molecule has 0 saturated heterocycles. The Hall–Kier alpha value is -1.72. The van der Waals surface area contributed by atoms with Gasteiger partial charge in [-0.2, -0.15) is 15.0 Å². The van der Waals surface area contributed by atoms with Crippen molar-refractivity contribution in [2.24, 2.45) is 5.92 Å². The first-order valence-electron chi connectivity index (χ1n) is 3.82. The zero-order valence-electron chi connectivity index (χ0n) is 7.48. The first kappa shape index (κ1) is 9.37. The third-order valence-corrected chi connectivity index (χ3v) is 1.41. The molecule has 0 amide bonds. The van der Waals surface area contributed by atoms with Crippen LogP contribution in [0.5, 0.6) is 0 Å². The van der Waals surface area contributed by atoms with Crippen LogP contribution in [0.25, 0.3) is 0 Å². The summed E-state index contributed by atoms with van der Waals surface area (Å²) in [4.78, 5) is 22.3. The van der Waals surface area contributed by atoms with Crippen LogP contribution in [0, 0.1) is 5.92 Å². The van der Waals surface area contributed by atoms with Crippen molar-refractivity contribution in [2.45, 2.75) is 13.8 Å². The van der Waals surface area contributed by atoms with Crippen LogP contribution >= 0.6 is 0 Å². The predicted molar refractivity (Wildman–Crippen MR) is 47.8 cm³/mol. The van der Waals surface area contributed by atoms with E-state index in [0.29, 0.717) is 0 Å². The molecule has 0 bridgehead atoms. The Balaban J connectivity index is 3.08. The van der Waals surface area contributed by atoms with Gasteiger partial charge in [0.2, 0.25) is 23.5 Å². The van der Waals surface area contributed by atoms with Crippen LogP contribution in [0.3, 0.4) is 0 Å². The van der Waals surface area contributed by atoms with Gasteiger partial charge in [0.25, 0.3) is 0 Å². The van der Waals surface area contributed by atoms with Gasteiger partial charge in [-0.05, 0) is 0 Å². The van der Waals surface area contributed by atoms with Crippen LogP contribution in [0.2, 0.25) is 0 Å². The minimum atomic E-state index is -0.194. The minimum Gasteiger partial charge on any atom is -0.368 e. The highest BCUT2D eigenvalue weighted by atomic mass is 16.1. The number of carbonyl (C=O) groups is 1. The van der Waals surface area contributed by atoms with E-state index in [4.69, 9.17) is 11.5 Å². The maximum Gasteiger partial charge on any atom is 0.225 e. The molecule has 0 aliphatic heterocycles. The van der Waals surface area contributed by atoms with Crippen LogP contribution in [0.1, 0.15) is 24.5 Å². The highest BCUT2D eigenvalue weighted by molar-refractivity contribution is 5.94. The second-order valence-electron chi connectivity index (χ2n) is 2.89. The molecule has 0 spiro atoms. The summed E-state index contributed by atoms with van der Waals surface area (Å²) in [6.07, 6.45) is 0. The van der Waals surface area contributed by atoms with E-state index in [2.05, 4.69) is 15.0 Å². The lowest BCUT2D eigenvalue weighted by molar-refractivity contribution is 0.0929. The Morgan fingerprint density at radius 1 is 1.15 bits per heavy atom. The van der Waals surface area contributed by atoms with E-state index >= 15 is 0 Å². The molecule has 0 aliphatic rings. The zero-order chi connectivity index (χ0) is 10.0. The molecule has 1 rings (SSSR count). The third-order valence-electron chi connectivity index (χ3n) is 1.41. The Kier molecular flexibility index (Phi) is 2.41. The first-order valence-corrected chi connectivity index (χ1v) is 3.82. The second-order valence-corrected chi connectivity index (χ2v) is 2.89. The number of nitrogens with zero attached hydrogens (tertiary/aromatic N) is 3. The molecule has 1 aromatic rings. The Bertz CT molecular complexity index is 315. The van der Waals surface area contributed by atoms with E-state index in [1.807, 2.05) is 0 Å². The van der Waals surface area contributed by atoms with Crippen molar-refractivity contribution in [2.75, 3.05) is 11.5 Å². The minimum absolute atomic E-state index is 0.0278. The van der Waals surface area contributed by atoms with E-state index in [-0.39, 0.29) is 29.4 Å². The number of ketones is 1. The second kappa shape index (κ2) is 3.34. The van der Waals surface area contributed by atoms with E-state index in [1.165, 1.54) is 0 Å². The fourth-order valence-electron chi connectivity index (χ4n) is 0.778. The van der Waals surface area contributed by atoms with Gasteiger partial charge in [0.15, 0.2) is 0 Å². The van der Waals surface area contributed by atoms with Crippen molar-refractivity contribution in [3.63, 3.8) is 0 Å². The summed E-state index contributed by atoms with van der Waals surface area (Å²) >= 11 is 0. The van der Waals surface area contributed by atoms with Crippen LogP contribution in [-0.4, -0.2) is 20.7 Å². The number of aromatic nitrogens is 3. The number of nitrogens with two attached hydrogens (primary N) is 2. The van der Waals surface area contributed by atoms with Crippen LogP contribution in [0.15, 0.2) is 0 Å². The summed E-state index contributed by atoms with van der Waals surface area (Å²) in [7, 11) is 0. The molecule has 70 valence electrons. The summed E-state index contributed by atoms with van der Waals surface area (Å²) in [5.74, 6) is -0.407. The number of anilines is 2. The van der Waals surface area contributed by atoms with Gasteiger partial charge in [0.1, 0.15) is 0 Å². The van der Waals surface area contributed by atoms with E-state index in [0.717, 1.165) is 0 Å². The van der Waals surface area contributed by atoms with Gasteiger partial charge >= 0.3 is 0 Å². The lowest BCUT2D eigenvalue weighted by atomic mass is 10.1. The van der Waals surface area contributed by atoms with Crippen molar-refractivity contribution >= 4 is 17.7 Å². The SMILES string of the molecule is CC(C)C(=O)c1nc(N)nc(N)n1.